The van der Waals surface area contributed by atoms with E-state index in [2.05, 4.69) is 13.0 Å². The molecule has 1 atom stereocenters. The molecule has 0 aliphatic carbocycles. The van der Waals surface area contributed by atoms with Gasteiger partial charge in [-0.3, -0.25) is 4.79 Å². The summed E-state index contributed by atoms with van der Waals surface area (Å²) >= 11 is 0. The molecule has 0 bridgehead atoms. The lowest BCUT2D eigenvalue weighted by molar-refractivity contribution is -0.129. The second-order valence-electron chi connectivity index (χ2n) is 5.87. The van der Waals surface area contributed by atoms with Crippen LogP contribution in [0.5, 0.6) is 0 Å². The fourth-order valence-electron chi connectivity index (χ4n) is 2.72. The lowest BCUT2D eigenvalue weighted by atomic mass is 10.0. The summed E-state index contributed by atoms with van der Waals surface area (Å²) in [5.74, 6) is 0.440. The second-order valence-corrected chi connectivity index (χ2v) is 5.87. The zero-order valence-electron chi connectivity index (χ0n) is 12.9. The average Bonchev–Trinajstić information content (AvgIpc) is 2.73. The van der Waals surface area contributed by atoms with Crippen LogP contribution >= 0.6 is 0 Å². The number of amides is 1. The van der Waals surface area contributed by atoms with Crippen molar-refractivity contribution in [2.75, 3.05) is 7.05 Å². The van der Waals surface area contributed by atoms with Gasteiger partial charge in [-0.25, -0.2) is 0 Å². The van der Waals surface area contributed by atoms with Gasteiger partial charge < -0.3 is 4.90 Å². The van der Waals surface area contributed by atoms with E-state index in [1.54, 1.807) is 4.90 Å². The highest BCUT2D eigenvalue weighted by molar-refractivity contribution is 5.83. The number of rotatable bonds is 11. The van der Waals surface area contributed by atoms with Gasteiger partial charge >= 0.3 is 0 Å². The van der Waals surface area contributed by atoms with E-state index in [0.29, 0.717) is 0 Å². The SMILES string of the molecule is CCCCCCCCCCCCC1C=CN(C)C1=O. The summed E-state index contributed by atoms with van der Waals surface area (Å²) in [5.41, 5.74) is 0. The number of hydrogen-bond donors (Lipinski definition) is 0. The molecular formula is C17H31NO. The smallest absolute Gasteiger partial charge is 0.233 e. The number of carbonyl (C=O) groups excluding carboxylic acids is 1. The van der Waals surface area contributed by atoms with Gasteiger partial charge in [0, 0.05) is 13.2 Å². The van der Waals surface area contributed by atoms with Crippen molar-refractivity contribution in [3.63, 3.8) is 0 Å². The molecule has 1 aliphatic heterocycles. The van der Waals surface area contributed by atoms with Gasteiger partial charge in [-0.2, -0.15) is 0 Å². The molecule has 0 aromatic carbocycles. The Morgan fingerprint density at radius 2 is 1.47 bits per heavy atom. The van der Waals surface area contributed by atoms with E-state index in [-0.39, 0.29) is 11.8 Å². The molecule has 0 spiro atoms. The van der Waals surface area contributed by atoms with Crippen molar-refractivity contribution >= 4 is 5.91 Å². The van der Waals surface area contributed by atoms with Crippen molar-refractivity contribution in [2.45, 2.75) is 77.6 Å². The van der Waals surface area contributed by atoms with Gasteiger partial charge in [-0.05, 0) is 6.42 Å². The van der Waals surface area contributed by atoms with E-state index in [1.165, 1.54) is 64.2 Å². The monoisotopic (exact) mass is 265 g/mol. The normalized spacial score (nSPS) is 18.5. The van der Waals surface area contributed by atoms with Crippen LogP contribution in [0.3, 0.4) is 0 Å². The maximum absolute atomic E-state index is 11.7. The van der Waals surface area contributed by atoms with Crippen molar-refractivity contribution in [1.82, 2.24) is 4.90 Å². The molecule has 1 amide bonds. The average molecular weight is 265 g/mol. The fourth-order valence-corrected chi connectivity index (χ4v) is 2.72. The Morgan fingerprint density at radius 1 is 0.947 bits per heavy atom. The largest absolute Gasteiger partial charge is 0.322 e. The van der Waals surface area contributed by atoms with Crippen molar-refractivity contribution in [1.29, 1.82) is 0 Å². The highest BCUT2D eigenvalue weighted by Gasteiger charge is 2.22. The molecular weight excluding hydrogens is 234 g/mol. The van der Waals surface area contributed by atoms with Crippen molar-refractivity contribution < 1.29 is 4.79 Å². The molecule has 2 heteroatoms. The Labute approximate surface area is 119 Å². The third-order valence-electron chi connectivity index (χ3n) is 4.08. The second kappa shape index (κ2) is 10.1. The first-order valence-electron chi connectivity index (χ1n) is 8.20. The summed E-state index contributed by atoms with van der Waals surface area (Å²) in [6, 6.07) is 0. The molecule has 0 aromatic rings. The topological polar surface area (TPSA) is 20.3 Å². The Bertz CT molecular complexity index is 272. The minimum Gasteiger partial charge on any atom is -0.322 e. The first-order valence-corrected chi connectivity index (χ1v) is 8.20. The number of nitrogens with zero attached hydrogens (tertiary/aromatic N) is 1. The quantitative estimate of drug-likeness (QED) is 0.487. The van der Waals surface area contributed by atoms with Crippen LogP contribution in [0.1, 0.15) is 77.6 Å². The Balaban J connectivity index is 1.84. The fraction of sp³-hybridized carbons (Fsp3) is 0.824. The Kier molecular flexibility index (Phi) is 8.61. The summed E-state index contributed by atoms with van der Waals surface area (Å²) in [6.07, 6.45) is 18.6. The summed E-state index contributed by atoms with van der Waals surface area (Å²) < 4.78 is 0. The highest BCUT2D eigenvalue weighted by atomic mass is 16.2. The summed E-state index contributed by atoms with van der Waals surface area (Å²) in [7, 11) is 1.84. The van der Waals surface area contributed by atoms with Crippen LogP contribution in [0.2, 0.25) is 0 Å². The van der Waals surface area contributed by atoms with Crippen LogP contribution in [-0.4, -0.2) is 17.9 Å². The van der Waals surface area contributed by atoms with Gasteiger partial charge in [-0.1, -0.05) is 77.2 Å². The van der Waals surface area contributed by atoms with Crippen LogP contribution in [-0.2, 0) is 4.79 Å². The number of hydrogen-bond acceptors (Lipinski definition) is 1. The molecule has 0 aromatic heterocycles. The zero-order valence-corrected chi connectivity index (χ0v) is 12.9. The van der Waals surface area contributed by atoms with Gasteiger partial charge in [0.1, 0.15) is 0 Å². The van der Waals surface area contributed by atoms with Gasteiger partial charge in [-0.15, -0.1) is 0 Å². The number of unbranched alkanes of at least 4 members (excludes halogenated alkanes) is 9. The Morgan fingerprint density at radius 3 is 1.95 bits per heavy atom. The molecule has 1 rings (SSSR count). The van der Waals surface area contributed by atoms with E-state index in [0.717, 1.165) is 6.42 Å². The molecule has 0 saturated heterocycles. The Hall–Kier alpha value is -0.790. The van der Waals surface area contributed by atoms with Crippen LogP contribution < -0.4 is 0 Å². The summed E-state index contributed by atoms with van der Waals surface area (Å²) in [5, 5.41) is 0. The minimum atomic E-state index is 0.166. The third kappa shape index (κ3) is 6.79. The van der Waals surface area contributed by atoms with Crippen molar-refractivity contribution in [3.05, 3.63) is 12.3 Å². The first kappa shape index (κ1) is 16.3. The lowest BCUT2D eigenvalue weighted by Gasteiger charge is -2.10. The van der Waals surface area contributed by atoms with Crippen LogP contribution in [0, 0.1) is 5.92 Å². The lowest BCUT2D eigenvalue weighted by Crippen LogP contribution is -2.21. The predicted octanol–water partition coefficient (Wildman–Crippen LogP) is 4.90. The maximum Gasteiger partial charge on any atom is 0.233 e. The summed E-state index contributed by atoms with van der Waals surface area (Å²) in [6.45, 7) is 2.27. The predicted molar refractivity (Wildman–Crippen MR) is 81.9 cm³/mol. The standard InChI is InChI=1S/C17H31NO/c1-3-4-5-6-7-8-9-10-11-12-13-16-14-15-18(2)17(16)19/h14-16H,3-13H2,1-2H3. The molecule has 110 valence electrons. The number of carbonyl (C=O) groups is 1. The van der Waals surface area contributed by atoms with Crippen LogP contribution in [0.4, 0.5) is 0 Å². The first-order chi connectivity index (χ1) is 9.25. The summed E-state index contributed by atoms with van der Waals surface area (Å²) in [4.78, 5) is 13.4. The molecule has 0 saturated carbocycles. The minimum absolute atomic E-state index is 0.166. The van der Waals surface area contributed by atoms with E-state index >= 15 is 0 Å². The van der Waals surface area contributed by atoms with Gasteiger partial charge in [0.25, 0.3) is 0 Å². The molecule has 1 unspecified atom stereocenters. The van der Waals surface area contributed by atoms with Crippen LogP contribution in [0.15, 0.2) is 12.3 Å². The molecule has 0 radical (unpaired) electrons. The molecule has 0 fully saturated rings. The third-order valence-corrected chi connectivity index (χ3v) is 4.08. The van der Waals surface area contributed by atoms with E-state index in [9.17, 15) is 4.79 Å². The zero-order chi connectivity index (χ0) is 13.9. The van der Waals surface area contributed by atoms with Crippen LogP contribution in [0.25, 0.3) is 0 Å². The van der Waals surface area contributed by atoms with E-state index in [1.807, 2.05) is 13.2 Å². The molecule has 2 nitrogen and oxygen atoms in total. The van der Waals surface area contributed by atoms with Gasteiger partial charge in [0.2, 0.25) is 5.91 Å². The highest BCUT2D eigenvalue weighted by Crippen LogP contribution is 2.20. The van der Waals surface area contributed by atoms with Gasteiger partial charge in [0.05, 0.1) is 5.92 Å². The van der Waals surface area contributed by atoms with Crippen molar-refractivity contribution in [2.24, 2.45) is 5.92 Å². The molecule has 1 heterocycles. The molecule has 19 heavy (non-hydrogen) atoms. The molecule has 0 N–H and O–H groups in total. The van der Waals surface area contributed by atoms with E-state index < -0.39 is 0 Å². The van der Waals surface area contributed by atoms with E-state index in [4.69, 9.17) is 0 Å². The maximum atomic E-state index is 11.7. The van der Waals surface area contributed by atoms with Gasteiger partial charge in [0.15, 0.2) is 0 Å². The molecule has 1 aliphatic rings. The van der Waals surface area contributed by atoms with Crippen molar-refractivity contribution in [3.8, 4) is 0 Å².